The highest BCUT2D eigenvalue weighted by Crippen LogP contribution is 2.40. The predicted molar refractivity (Wildman–Crippen MR) is 91.0 cm³/mol. The van der Waals surface area contributed by atoms with Crippen LogP contribution >= 0.6 is 0 Å². The second-order valence-corrected chi connectivity index (χ2v) is 8.89. The van der Waals surface area contributed by atoms with Crippen molar-refractivity contribution in [1.29, 1.82) is 0 Å². The molecule has 1 saturated heterocycles. The third-order valence-corrected chi connectivity index (χ3v) is 7.53. The normalized spacial score (nSPS) is 27.0. The van der Waals surface area contributed by atoms with Gasteiger partial charge in [0.1, 0.15) is 0 Å². The van der Waals surface area contributed by atoms with E-state index >= 15 is 0 Å². The summed E-state index contributed by atoms with van der Waals surface area (Å²) in [5, 5.41) is 9.46. The summed E-state index contributed by atoms with van der Waals surface area (Å²) in [6.07, 6.45) is 5.35. The van der Waals surface area contributed by atoms with Crippen molar-refractivity contribution >= 4 is 16.0 Å². The lowest BCUT2D eigenvalue weighted by Gasteiger charge is -2.39. The molecule has 2 atom stereocenters. The van der Waals surface area contributed by atoms with Crippen molar-refractivity contribution in [3.05, 3.63) is 30.3 Å². The SMILES string of the molecule is O=C(O)[C@H]1CCCC[C@@H]1C1CCN(S(=O)(=O)c2ccccc2)CC1. The Balaban J connectivity index is 1.66. The van der Waals surface area contributed by atoms with Crippen LogP contribution < -0.4 is 0 Å². The lowest BCUT2D eigenvalue weighted by atomic mass is 9.70. The van der Waals surface area contributed by atoms with Crippen LogP contribution in [0.1, 0.15) is 38.5 Å². The van der Waals surface area contributed by atoms with Crippen LogP contribution in [-0.2, 0) is 14.8 Å². The van der Waals surface area contributed by atoms with E-state index in [4.69, 9.17) is 0 Å². The molecule has 1 aromatic carbocycles. The smallest absolute Gasteiger partial charge is 0.306 e. The van der Waals surface area contributed by atoms with Crippen LogP contribution in [-0.4, -0.2) is 36.9 Å². The third kappa shape index (κ3) is 3.49. The van der Waals surface area contributed by atoms with Gasteiger partial charge >= 0.3 is 5.97 Å². The number of carboxylic acid groups (broad SMARTS) is 1. The highest BCUT2D eigenvalue weighted by Gasteiger charge is 2.39. The van der Waals surface area contributed by atoms with Gasteiger partial charge in [-0.05, 0) is 49.7 Å². The summed E-state index contributed by atoms with van der Waals surface area (Å²) in [5.41, 5.74) is 0. The quantitative estimate of drug-likeness (QED) is 0.905. The first-order valence-corrected chi connectivity index (χ1v) is 10.2. The number of rotatable bonds is 4. The minimum absolute atomic E-state index is 0.206. The van der Waals surface area contributed by atoms with Gasteiger partial charge in [0.2, 0.25) is 10.0 Å². The molecule has 3 rings (SSSR count). The summed E-state index contributed by atoms with van der Waals surface area (Å²) in [6.45, 7) is 0.982. The molecule has 1 aliphatic carbocycles. The highest BCUT2D eigenvalue weighted by molar-refractivity contribution is 7.89. The predicted octanol–water partition coefficient (Wildman–Crippen LogP) is 2.98. The second-order valence-electron chi connectivity index (χ2n) is 6.95. The lowest BCUT2D eigenvalue weighted by Crippen LogP contribution is -2.42. The lowest BCUT2D eigenvalue weighted by molar-refractivity contribution is -0.146. The molecule has 0 spiro atoms. The first kappa shape index (κ1) is 17.4. The summed E-state index contributed by atoms with van der Waals surface area (Å²) in [5.74, 6) is -0.397. The maximum absolute atomic E-state index is 12.7. The van der Waals surface area contributed by atoms with Crippen LogP contribution in [0.25, 0.3) is 0 Å². The maximum atomic E-state index is 12.7. The van der Waals surface area contributed by atoms with E-state index < -0.39 is 16.0 Å². The fourth-order valence-electron chi connectivity index (χ4n) is 4.32. The highest BCUT2D eigenvalue weighted by atomic mass is 32.2. The van der Waals surface area contributed by atoms with E-state index in [0.29, 0.717) is 23.9 Å². The number of carboxylic acids is 1. The number of hydrogen-bond acceptors (Lipinski definition) is 3. The number of aliphatic carboxylic acids is 1. The second kappa shape index (κ2) is 7.23. The molecular formula is C18H25NO4S. The molecule has 0 bridgehead atoms. The molecule has 1 N–H and O–H groups in total. The number of piperidine rings is 1. The molecule has 0 unspecified atom stereocenters. The van der Waals surface area contributed by atoms with Crippen molar-refractivity contribution in [3.63, 3.8) is 0 Å². The summed E-state index contributed by atoms with van der Waals surface area (Å²) in [7, 11) is -3.43. The first-order valence-electron chi connectivity index (χ1n) is 8.78. The Kier molecular flexibility index (Phi) is 5.25. The van der Waals surface area contributed by atoms with Gasteiger partial charge in [-0.2, -0.15) is 4.31 Å². The van der Waals surface area contributed by atoms with Crippen LogP contribution in [0.15, 0.2) is 35.2 Å². The van der Waals surface area contributed by atoms with E-state index in [2.05, 4.69) is 0 Å². The number of hydrogen-bond donors (Lipinski definition) is 1. The fraction of sp³-hybridized carbons (Fsp3) is 0.611. The molecule has 0 aromatic heterocycles. The Hall–Kier alpha value is -1.40. The van der Waals surface area contributed by atoms with Gasteiger partial charge in [-0.25, -0.2) is 8.42 Å². The van der Waals surface area contributed by atoms with E-state index in [0.717, 1.165) is 38.5 Å². The van der Waals surface area contributed by atoms with E-state index in [1.807, 2.05) is 0 Å². The minimum Gasteiger partial charge on any atom is -0.481 e. The largest absolute Gasteiger partial charge is 0.481 e. The van der Waals surface area contributed by atoms with E-state index in [1.165, 1.54) is 0 Å². The van der Waals surface area contributed by atoms with Crippen molar-refractivity contribution in [1.82, 2.24) is 4.31 Å². The van der Waals surface area contributed by atoms with Crippen LogP contribution in [0.5, 0.6) is 0 Å². The number of sulfonamides is 1. The average molecular weight is 351 g/mol. The monoisotopic (exact) mass is 351 g/mol. The molecular weight excluding hydrogens is 326 g/mol. The molecule has 24 heavy (non-hydrogen) atoms. The molecule has 1 saturated carbocycles. The number of nitrogens with zero attached hydrogens (tertiary/aromatic N) is 1. The number of benzene rings is 1. The van der Waals surface area contributed by atoms with Gasteiger partial charge in [0.15, 0.2) is 0 Å². The molecule has 5 nitrogen and oxygen atoms in total. The molecule has 0 radical (unpaired) electrons. The van der Waals surface area contributed by atoms with Crippen LogP contribution in [0, 0.1) is 17.8 Å². The number of carbonyl (C=O) groups is 1. The Labute approximate surface area is 143 Å². The summed E-state index contributed by atoms with van der Waals surface area (Å²) in [4.78, 5) is 11.8. The Morgan fingerprint density at radius 2 is 1.62 bits per heavy atom. The maximum Gasteiger partial charge on any atom is 0.306 e. The van der Waals surface area contributed by atoms with E-state index in [1.54, 1.807) is 34.6 Å². The van der Waals surface area contributed by atoms with E-state index in [-0.39, 0.29) is 11.8 Å². The summed E-state index contributed by atoms with van der Waals surface area (Å²) >= 11 is 0. The topological polar surface area (TPSA) is 74.7 Å². The van der Waals surface area contributed by atoms with Crippen LogP contribution in [0.3, 0.4) is 0 Å². The molecule has 0 amide bonds. The van der Waals surface area contributed by atoms with Gasteiger partial charge in [0.05, 0.1) is 10.8 Å². The molecule has 1 heterocycles. The van der Waals surface area contributed by atoms with Gasteiger partial charge in [-0.15, -0.1) is 0 Å². The zero-order valence-corrected chi connectivity index (χ0v) is 14.6. The minimum atomic E-state index is -3.43. The van der Waals surface area contributed by atoms with Crippen molar-refractivity contribution < 1.29 is 18.3 Å². The molecule has 2 fully saturated rings. The van der Waals surface area contributed by atoms with Gasteiger partial charge < -0.3 is 5.11 Å². The first-order chi connectivity index (χ1) is 11.5. The van der Waals surface area contributed by atoms with Crippen molar-refractivity contribution in [2.45, 2.75) is 43.4 Å². The molecule has 132 valence electrons. The molecule has 1 aliphatic heterocycles. The average Bonchev–Trinajstić information content (AvgIpc) is 2.62. The molecule has 1 aromatic rings. The fourth-order valence-corrected chi connectivity index (χ4v) is 5.81. The van der Waals surface area contributed by atoms with Crippen LogP contribution in [0.4, 0.5) is 0 Å². The van der Waals surface area contributed by atoms with Crippen molar-refractivity contribution in [2.75, 3.05) is 13.1 Å². The van der Waals surface area contributed by atoms with Crippen molar-refractivity contribution in [3.8, 4) is 0 Å². The molecule has 2 aliphatic rings. The van der Waals surface area contributed by atoms with Crippen molar-refractivity contribution in [2.24, 2.45) is 17.8 Å². The summed E-state index contributed by atoms with van der Waals surface area (Å²) in [6, 6.07) is 8.53. The van der Waals surface area contributed by atoms with E-state index in [9.17, 15) is 18.3 Å². The standard InChI is InChI=1S/C18H25NO4S/c20-18(21)17-9-5-4-8-16(17)14-10-12-19(13-11-14)24(22,23)15-6-2-1-3-7-15/h1-3,6-7,14,16-17H,4-5,8-13H2,(H,20,21)/t16-,17+/m1/s1. The Morgan fingerprint density at radius 3 is 2.25 bits per heavy atom. The van der Waals surface area contributed by atoms with Gasteiger partial charge in [-0.3, -0.25) is 4.79 Å². The zero-order valence-electron chi connectivity index (χ0n) is 13.8. The third-order valence-electron chi connectivity index (χ3n) is 5.62. The Morgan fingerprint density at radius 1 is 1.00 bits per heavy atom. The van der Waals surface area contributed by atoms with Crippen LogP contribution in [0.2, 0.25) is 0 Å². The summed E-state index contributed by atoms with van der Waals surface area (Å²) < 4.78 is 26.9. The van der Waals surface area contributed by atoms with Gasteiger partial charge in [-0.1, -0.05) is 31.0 Å². The zero-order chi connectivity index (χ0) is 17.2. The van der Waals surface area contributed by atoms with Gasteiger partial charge in [0, 0.05) is 13.1 Å². The van der Waals surface area contributed by atoms with Gasteiger partial charge in [0.25, 0.3) is 0 Å². The molecule has 6 heteroatoms. The Bertz CT molecular complexity index is 666.